The summed E-state index contributed by atoms with van der Waals surface area (Å²) >= 11 is 0. The molecule has 0 bridgehead atoms. The van der Waals surface area contributed by atoms with E-state index in [0.717, 1.165) is 6.42 Å². The molecular formula is C18H19N3O2. The van der Waals surface area contributed by atoms with Crippen LogP contribution in [0.5, 0.6) is 0 Å². The van der Waals surface area contributed by atoms with Gasteiger partial charge in [0.25, 0.3) is 5.91 Å². The van der Waals surface area contributed by atoms with Crippen LogP contribution in [0.15, 0.2) is 48.8 Å². The van der Waals surface area contributed by atoms with Crippen molar-refractivity contribution in [3.8, 4) is 0 Å². The molecule has 118 valence electrons. The van der Waals surface area contributed by atoms with Crippen molar-refractivity contribution in [3.63, 3.8) is 0 Å². The molecule has 2 unspecified atom stereocenters. The SMILES string of the molecule is CCC(C)C1C(=O)Nc2cnccc2N1C(=O)c1ccccc1. The van der Waals surface area contributed by atoms with Crippen molar-refractivity contribution in [2.24, 2.45) is 5.92 Å². The summed E-state index contributed by atoms with van der Waals surface area (Å²) in [6.07, 6.45) is 4.01. The van der Waals surface area contributed by atoms with E-state index in [1.54, 1.807) is 35.5 Å². The summed E-state index contributed by atoms with van der Waals surface area (Å²) in [5.41, 5.74) is 1.83. The molecule has 2 aromatic rings. The molecule has 0 saturated carbocycles. The number of benzene rings is 1. The smallest absolute Gasteiger partial charge is 0.259 e. The predicted molar refractivity (Wildman–Crippen MR) is 89.4 cm³/mol. The Bertz CT molecular complexity index is 730. The lowest BCUT2D eigenvalue weighted by Crippen LogP contribution is -2.54. The van der Waals surface area contributed by atoms with Gasteiger partial charge >= 0.3 is 0 Å². The van der Waals surface area contributed by atoms with Crippen LogP contribution in [-0.2, 0) is 4.79 Å². The van der Waals surface area contributed by atoms with Crippen LogP contribution in [0.3, 0.4) is 0 Å². The van der Waals surface area contributed by atoms with Crippen LogP contribution in [-0.4, -0.2) is 22.8 Å². The standard InChI is InChI=1S/C18H19N3O2/c1-3-12(2)16-17(22)20-14-11-19-10-9-15(14)21(16)18(23)13-7-5-4-6-8-13/h4-12,16H,3H2,1-2H3,(H,20,22). The molecule has 1 aromatic carbocycles. The van der Waals surface area contributed by atoms with Gasteiger partial charge in [-0.05, 0) is 24.1 Å². The maximum atomic E-state index is 13.1. The molecule has 1 aliphatic heterocycles. The van der Waals surface area contributed by atoms with Gasteiger partial charge in [0.1, 0.15) is 6.04 Å². The third kappa shape index (κ3) is 2.70. The number of fused-ring (bicyclic) bond motifs is 1. The van der Waals surface area contributed by atoms with Crippen molar-refractivity contribution in [2.45, 2.75) is 26.3 Å². The fourth-order valence-corrected chi connectivity index (χ4v) is 2.86. The van der Waals surface area contributed by atoms with Crippen LogP contribution < -0.4 is 10.2 Å². The first-order valence-corrected chi connectivity index (χ1v) is 7.77. The van der Waals surface area contributed by atoms with E-state index in [2.05, 4.69) is 10.3 Å². The lowest BCUT2D eigenvalue weighted by atomic mass is 9.93. The fourth-order valence-electron chi connectivity index (χ4n) is 2.86. The highest BCUT2D eigenvalue weighted by atomic mass is 16.2. The van der Waals surface area contributed by atoms with Crippen LogP contribution in [0.25, 0.3) is 0 Å². The fraction of sp³-hybridized carbons (Fsp3) is 0.278. The number of carbonyl (C=O) groups excluding carboxylic acids is 2. The average Bonchev–Trinajstić information content (AvgIpc) is 2.60. The van der Waals surface area contributed by atoms with E-state index in [4.69, 9.17) is 0 Å². The van der Waals surface area contributed by atoms with E-state index in [-0.39, 0.29) is 17.7 Å². The molecule has 1 aliphatic rings. The Balaban J connectivity index is 2.11. The lowest BCUT2D eigenvalue weighted by molar-refractivity contribution is -0.118. The Labute approximate surface area is 135 Å². The molecule has 0 fully saturated rings. The Morgan fingerprint density at radius 3 is 2.74 bits per heavy atom. The van der Waals surface area contributed by atoms with E-state index in [1.807, 2.05) is 32.0 Å². The summed E-state index contributed by atoms with van der Waals surface area (Å²) in [4.78, 5) is 31.3. The predicted octanol–water partition coefficient (Wildman–Crippen LogP) is 3.10. The van der Waals surface area contributed by atoms with Gasteiger partial charge in [-0.3, -0.25) is 19.5 Å². The number of carbonyl (C=O) groups is 2. The van der Waals surface area contributed by atoms with Crippen LogP contribution in [0.1, 0.15) is 30.6 Å². The van der Waals surface area contributed by atoms with Crippen LogP contribution >= 0.6 is 0 Å². The molecule has 1 N–H and O–H groups in total. The first-order valence-electron chi connectivity index (χ1n) is 7.77. The monoisotopic (exact) mass is 309 g/mol. The van der Waals surface area contributed by atoms with Gasteiger partial charge in [0.2, 0.25) is 5.91 Å². The first kappa shape index (κ1) is 15.2. The molecule has 2 atom stereocenters. The molecule has 0 saturated heterocycles. The number of hydrogen-bond acceptors (Lipinski definition) is 3. The second-order valence-electron chi connectivity index (χ2n) is 5.75. The maximum Gasteiger partial charge on any atom is 0.259 e. The van der Waals surface area contributed by atoms with E-state index >= 15 is 0 Å². The van der Waals surface area contributed by atoms with Gasteiger partial charge in [-0.2, -0.15) is 0 Å². The van der Waals surface area contributed by atoms with Gasteiger partial charge in [-0.15, -0.1) is 0 Å². The van der Waals surface area contributed by atoms with Crippen LogP contribution in [0.4, 0.5) is 11.4 Å². The van der Waals surface area contributed by atoms with Crippen molar-refractivity contribution < 1.29 is 9.59 Å². The van der Waals surface area contributed by atoms with Gasteiger partial charge in [0, 0.05) is 11.8 Å². The van der Waals surface area contributed by atoms with Gasteiger partial charge < -0.3 is 5.32 Å². The number of nitrogens with one attached hydrogen (secondary N) is 1. The zero-order chi connectivity index (χ0) is 16.4. The molecule has 1 aromatic heterocycles. The largest absolute Gasteiger partial charge is 0.321 e. The van der Waals surface area contributed by atoms with Crippen molar-refractivity contribution >= 4 is 23.2 Å². The Morgan fingerprint density at radius 1 is 1.30 bits per heavy atom. The highest BCUT2D eigenvalue weighted by Crippen LogP contribution is 2.35. The summed E-state index contributed by atoms with van der Waals surface area (Å²) in [5.74, 6) is -0.286. The minimum atomic E-state index is -0.525. The van der Waals surface area contributed by atoms with E-state index in [1.165, 1.54) is 0 Å². The molecule has 2 heterocycles. The summed E-state index contributed by atoms with van der Waals surface area (Å²) in [5, 5.41) is 2.87. The summed E-state index contributed by atoms with van der Waals surface area (Å²) in [6.45, 7) is 4.01. The highest BCUT2D eigenvalue weighted by Gasteiger charge is 2.39. The van der Waals surface area contributed by atoms with Crippen LogP contribution in [0, 0.1) is 5.92 Å². The second-order valence-corrected chi connectivity index (χ2v) is 5.75. The van der Waals surface area contributed by atoms with E-state index in [9.17, 15) is 9.59 Å². The Hall–Kier alpha value is -2.69. The summed E-state index contributed by atoms with van der Waals surface area (Å²) in [7, 11) is 0. The van der Waals surface area contributed by atoms with Crippen molar-refractivity contribution in [3.05, 3.63) is 54.4 Å². The number of aromatic nitrogens is 1. The maximum absolute atomic E-state index is 13.1. The summed E-state index contributed by atoms with van der Waals surface area (Å²) < 4.78 is 0. The lowest BCUT2D eigenvalue weighted by Gasteiger charge is -2.39. The zero-order valence-electron chi connectivity index (χ0n) is 13.2. The molecule has 5 nitrogen and oxygen atoms in total. The van der Waals surface area contributed by atoms with Gasteiger partial charge in [-0.1, -0.05) is 38.5 Å². The average molecular weight is 309 g/mol. The number of anilines is 2. The molecule has 5 heteroatoms. The second kappa shape index (κ2) is 6.20. The molecular weight excluding hydrogens is 290 g/mol. The topological polar surface area (TPSA) is 62.3 Å². The number of amides is 2. The third-order valence-electron chi connectivity index (χ3n) is 4.28. The molecule has 0 aliphatic carbocycles. The van der Waals surface area contributed by atoms with Crippen molar-refractivity contribution in [1.29, 1.82) is 0 Å². The first-order chi connectivity index (χ1) is 11.1. The van der Waals surface area contributed by atoms with E-state index in [0.29, 0.717) is 16.9 Å². The van der Waals surface area contributed by atoms with E-state index < -0.39 is 6.04 Å². The van der Waals surface area contributed by atoms with Crippen LogP contribution in [0.2, 0.25) is 0 Å². The van der Waals surface area contributed by atoms with Gasteiger partial charge in [0.05, 0.1) is 17.6 Å². The Morgan fingerprint density at radius 2 is 2.04 bits per heavy atom. The normalized spacial score (nSPS) is 18.1. The summed E-state index contributed by atoms with van der Waals surface area (Å²) in [6, 6.07) is 10.3. The highest BCUT2D eigenvalue weighted by molar-refractivity contribution is 6.16. The molecule has 3 rings (SSSR count). The van der Waals surface area contributed by atoms with Gasteiger partial charge in [-0.25, -0.2) is 0 Å². The zero-order valence-corrected chi connectivity index (χ0v) is 13.2. The number of pyridine rings is 1. The molecule has 23 heavy (non-hydrogen) atoms. The molecule has 0 spiro atoms. The Kier molecular flexibility index (Phi) is 4.10. The molecule has 0 radical (unpaired) electrons. The minimum absolute atomic E-state index is 0.0453. The number of rotatable bonds is 3. The third-order valence-corrected chi connectivity index (χ3v) is 4.28. The quantitative estimate of drug-likeness (QED) is 0.947. The molecule has 2 amide bonds. The van der Waals surface area contributed by atoms with Crippen molar-refractivity contribution in [1.82, 2.24) is 4.98 Å². The van der Waals surface area contributed by atoms with Gasteiger partial charge in [0.15, 0.2) is 0 Å². The number of nitrogens with zero attached hydrogens (tertiary/aromatic N) is 2. The number of hydrogen-bond donors (Lipinski definition) is 1. The minimum Gasteiger partial charge on any atom is -0.321 e. The van der Waals surface area contributed by atoms with Crippen molar-refractivity contribution in [2.75, 3.05) is 10.2 Å².